The van der Waals surface area contributed by atoms with Gasteiger partial charge >= 0.3 is 5.97 Å². The first-order valence-electron chi connectivity index (χ1n) is 17.9. The number of aromatic nitrogens is 2. The van der Waals surface area contributed by atoms with Crippen LogP contribution in [0.2, 0.25) is 0 Å². The molecule has 4 aliphatic rings. The Morgan fingerprint density at radius 2 is 1.23 bits per heavy atom. The fraction of sp³-hybridized carbons (Fsp3) is 0.450. The third kappa shape index (κ3) is 9.36. The Balaban J connectivity index is 0.000000155. The molecule has 0 spiro atoms. The van der Waals surface area contributed by atoms with Crippen LogP contribution in [0.1, 0.15) is 48.5 Å². The fourth-order valence-electron chi connectivity index (χ4n) is 6.60. The molecule has 4 fully saturated rings. The Kier molecular flexibility index (Phi) is 12.7. The largest absolute Gasteiger partial charge is 0.481 e. The molecule has 4 atom stereocenters. The summed E-state index contributed by atoms with van der Waals surface area (Å²) in [6.45, 7) is 17.6. The number of aliphatic carboxylic acids is 1. The molecule has 4 heterocycles. The molecule has 2 saturated carbocycles. The van der Waals surface area contributed by atoms with Crippen LogP contribution in [-0.4, -0.2) is 78.6 Å². The highest BCUT2D eigenvalue weighted by Crippen LogP contribution is 2.40. The Morgan fingerprint density at radius 1 is 0.774 bits per heavy atom. The maximum atomic E-state index is 12.3. The zero-order valence-corrected chi connectivity index (χ0v) is 31.1. The maximum absolute atomic E-state index is 12.3. The van der Waals surface area contributed by atoms with Crippen molar-refractivity contribution in [2.75, 3.05) is 39.5 Å². The van der Waals surface area contributed by atoms with Gasteiger partial charge in [-0.2, -0.15) is 0 Å². The lowest BCUT2D eigenvalue weighted by Gasteiger charge is -2.35. The molecule has 2 aromatic heterocycles. The van der Waals surface area contributed by atoms with Crippen molar-refractivity contribution in [2.24, 2.45) is 17.6 Å². The number of rotatable bonds is 9. The number of benzene rings is 2. The van der Waals surface area contributed by atoms with E-state index in [0.29, 0.717) is 39.1 Å². The minimum atomic E-state index is -0.828. The van der Waals surface area contributed by atoms with Crippen LogP contribution < -0.4 is 11.1 Å². The van der Waals surface area contributed by atoms with E-state index in [4.69, 9.17) is 43.4 Å². The van der Waals surface area contributed by atoms with Crippen LogP contribution in [0.3, 0.4) is 0 Å². The first kappa shape index (κ1) is 38.2. The highest BCUT2D eigenvalue weighted by atomic mass is 32.1. The van der Waals surface area contributed by atoms with Gasteiger partial charge in [0, 0.05) is 85.1 Å². The summed E-state index contributed by atoms with van der Waals surface area (Å²) >= 11 is 3.39. The topological polar surface area (TPSA) is 145 Å². The molecule has 4 N–H and O–H groups in total. The number of carbonyl (C=O) groups excluding carboxylic acids is 1. The van der Waals surface area contributed by atoms with Crippen LogP contribution in [0.4, 0.5) is 0 Å². The highest BCUT2D eigenvalue weighted by Gasteiger charge is 2.51. The quantitative estimate of drug-likeness (QED) is 0.165. The molecule has 276 valence electrons. The van der Waals surface area contributed by atoms with Crippen molar-refractivity contribution in [3.05, 3.63) is 104 Å². The fourth-order valence-corrected chi connectivity index (χ4v) is 8.79. The second-order valence-electron chi connectivity index (χ2n) is 13.9. The monoisotopic (exact) mass is 752 g/mol. The number of nitrogens with zero attached hydrogens (tertiary/aromatic N) is 4. The lowest BCUT2D eigenvalue weighted by atomic mass is 9.80. The SMILES string of the molecule is NCC1(c2nc(-c3ccccc3)cs2)CCOCC1.[C-]#[N+]C1CC1C(=O)NCC1(c2nc(-c3ccccc3)cs2)CCOCC1.[C-]#[N+]C1CC1C(=O)O. The van der Waals surface area contributed by atoms with E-state index in [0.717, 1.165) is 65.9 Å². The van der Waals surface area contributed by atoms with E-state index < -0.39 is 5.97 Å². The number of amides is 1. The molecule has 0 bridgehead atoms. The van der Waals surface area contributed by atoms with Gasteiger partial charge in [0.2, 0.25) is 18.0 Å². The first-order chi connectivity index (χ1) is 25.8. The maximum Gasteiger partial charge on any atom is 0.314 e. The molecule has 53 heavy (non-hydrogen) atoms. The van der Waals surface area contributed by atoms with Gasteiger partial charge in [0.15, 0.2) is 0 Å². The summed E-state index contributed by atoms with van der Waals surface area (Å²) in [5.74, 6) is -1.30. The summed E-state index contributed by atoms with van der Waals surface area (Å²) in [7, 11) is 0. The molecule has 4 aromatic rings. The van der Waals surface area contributed by atoms with Crippen LogP contribution in [0.5, 0.6) is 0 Å². The number of carboxylic acid groups (broad SMARTS) is 1. The summed E-state index contributed by atoms with van der Waals surface area (Å²) in [6.07, 6.45) is 4.91. The predicted octanol–water partition coefficient (Wildman–Crippen LogP) is 6.48. The summed E-state index contributed by atoms with van der Waals surface area (Å²) in [4.78, 5) is 38.6. The van der Waals surface area contributed by atoms with Crippen molar-refractivity contribution in [1.82, 2.24) is 15.3 Å². The number of hydrogen-bond donors (Lipinski definition) is 3. The van der Waals surface area contributed by atoms with Gasteiger partial charge < -0.3 is 35.3 Å². The average Bonchev–Trinajstić information content (AvgIpc) is 4.07. The van der Waals surface area contributed by atoms with Gasteiger partial charge in [-0.25, -0.2) is 23.1 Å². The molecule has 1 amide bonds. The minimum absolute atomic E-state index is 0.0108. The number of thiazole rings is 2. The van der Waals surface area contributed by atoms with Crippen LogP contribution in [0.25, 0.3) is 32.2 Å². The zero-order chi connectivity index (χ0) is 37.3. The summed E-state index contributed by atoms with van der Waals surface area (Å²) < 4.78 is 11.0. The molecule has 2 aliphatic carbocycles. The number of carbonyl (C=O) groups is 2. The van der Waals surface area contributed by atoms with E-state index in [1.54, 1.807) is 22.7 Å². The smallest absolute Gasteiger partial charge is 0.314 e. The number of ether oxygens (including phenoxy) is 2. The molecule has 11 nitrogen and oxygen atoms in total. The van der Waals surface area contributed by atoms with Crippen molar-refractivity contribution < 1.29 is 24.2 Å². The van der Waals surface area contributed by atoms with E-state index in [-0.39, 0.29) is 40.7 Å². The lowest BCUT2D eigenvalue weighted by molar-refractivity contribution is -0.138. The molecule has 4 unspecified atom stereocenters. The van der Waals surface area contributed by atoms with Gasteiger partial charge in [-0.1, -0.05) is 60.7 Å². The Morgan fingerprint density at radius 3 is 1.64 bits per heavy atom. The van der Waals surface area contributed by atoms with Gasteiger partial charge in [-0.05, 0) is 25.7 Å². The van der Waals surface area contributed by atoms with Crippen LogP contribution in [0, 0.1) is 25.0 Å². The van der Waals surface area contributed by atoms with Crippen molar-refractivity contribution in [3.8, 4) is 22.5 Å². The molecule has 13 heteroatoms. The number of nitrogens with two attached hydrogens (primary N) is 1. The molecular formula is C40H44N6O5S2. The molecular weight excluding hydrogens is 709 g/mol. The highest BCUT2D eigenvalue weighted by molar-refractivity contribution is 7.10. The second kappa shape index (κ2) is 17.5. The first-order valence-corrected chi connectivity index (χ1v) is 19.7. The standard InChI is InChI=1S/C20H21N3O2S.C15H18N2OS.C5H5NO2/c1-21-16-11-15(16)18(24)22-13-20(7-9-25-10-8-20)19-23-17(12-26-19)14-5-3-2-4-6-14;16-11-15(6-8-18-9-7-15)14-17-13(10-19-14)12-4-2-1-3-5-12;1-6-4-2-3(4)5(7)8/h2-6,12,15-16H,7-11,13H2,(H,22,24);1-5,10H,6-9,11,16H2;3-4H,2H2,(H,7,8). The molecule has 2 aromatic carbocycles. The van der Waals surface area contributed by atoms with Crippen LogP contribution in [-0.2, 0) is 29.9 Å². The second-order valence-corrected chi connectivity index (χ2v) is 15.6. The van der Waals surface area contributed by atoms with E-state index >= 15 is 0 Å². The number of carboxylic acids is 1. The molecule has 2 saturated heterocycles. The molecule has 8 rings (SSSR count). The summed E-state index contributed by atoms with van der Waals surface area (Å²) in [5, 5.41) is 17.8. The lowest BCUT2D eigenvalue weighted by Crippen LogP contribution is -2.45. The number of hydrogen-bond acceptors (Lipinski definition) is 9. The minimum Gasteiger partial charge on any atom is -0.481 e. The average molecular weight is 753 g/mol. The van der Waals surface area contributed by atoms with Crippen molar-refractivity contribution in [2.45, 2.75) is 61.4 Å². The van der Waals surface area contributed by atoms with Gasteiger partial charge in [0.25, 0.3) is 0 Å². The summed E-state index contributed by atoms with van der Waals surface area (Å²) in [6, 6.07) is 20.1. The third-order valence-corrected chi connectivity index (χ3v) is 12.6. The van der Waals surface area contributed by atoms with Crippen molar-refractivity contribution in [3.63, 3.8) is 0 Å². The van der Waals surface area contributed by atoms with Gasteiger partial charge in [-0.15, -0.1) is 22.7 Å². The van der Waals surface area contributed by atoms with E-state index in [1.807, 2.05) is 36.4 Å². The third-order valence-electron chi connectivity index (χ3n) is 10.4. The van der Waals surface area contributed by atoms with Crippen molar-refractivity contribution >= 4 is 34.6 Å². The Bertz CT molecular complexity index is 1910. The van der Waals surface area contributed by atoms with E-state index in [9.17, 15) is 9.59 Å². The van der Waals surface area contributed by atoms with Crippen molar-refractivity contribution in [1.29, 1.82) is 0 Å². The van der Waals surface area contributed by atoms with Crippen LogP contribution in [0.15, 0.2) is 71.4 Å². The predicted molar refractivity (Wildman–Crippen MR) is 205 cm³/mol. The molecule has 0 radical (unpaired) electrons. The summed E-state index contributed by atoms with van der Waals surface area (Å²) in [5.41, 5.74) is 10.2. The zero-order valence-electron chi connectivity index (χ0n) is 29.5. The van der Waals surface area contributed by atoms with Crippen LogP contribution >= 0.6 is 22.7 Å². The Hall–Kier alpha value is -4.50. The number of nitrogens with one attached hydrogen (secondary N) is 1. The van der Waals surface area contributed by atoms with E-state index in [1.165, 1.54) is 5.56 Å². The molecule has 2 aliphatic heterocycles. The normalized spacial score (nSPS) is 23.3. The van der Waals surface area contributed by atoms with E-state index in [2.05, 4.69) is 50.0 Å². The van der Waals surface area contributed by atoms with Gasteiger partial charge in [0.05, 0.1) is 11.4 Å². The van der Waals surface area contributed by atoms with Gasteiger partial charge in [-0.3, -0.25) is 9.59 Å². The van der Waals surface area contributed by atoms with Gasteiger partial charge in [0.1, 0.15) is 21.9 Å². The Labute approximate surface area is 318 Å².